The number of non-ortho nitro benzene ring substituents is 1. The highest BCUT2D eigenvalue weighted by atomic mass is 32.1. The van der Waals surface area contributed by atoms with Gasteiger partial charge < -0.3 is 4.74 Å². The van der Waals surface area contributed by atoms with Crippen LogP contribution >= 0.6 is 11.3 Å². The molecule has 9 heteroatoms. The Kier molecular flexibility index (Phi) is 5.85. The van der Waals surface area contributed by atoms with Crippen molar-refractivity contribution in [2.75, 3.05) is 12.0 Å². The third-order valence-electron chi connectivity index (χ3n) is 4.68. The molecule has 4 aromatic rings. The van der Waals surface area contributed by atoms with E-state index in [1.807, 2.05) is 30.3 Å². The molecule has 0 saturated heterocycles. The average molecular weight is 434 g/mol. The standard InChI is InChI=1S/C22H18N4O4S/c1-30-18-8-9-20-19(12-18)24-22(31-20)25(14-16-3-2-10-23-13-16)21(27)11-15-4-6-17(7-5-15)26(28)29/h2-10,12-13H,11,14H2,1H3. The number of nitrogens with zero attached hydrogens (tertiary/aromatic N) is 4. The molecule has 0 spiro atoms. The summed E-state index contributed by atoms with van der Waals surface area (Å²) in [7, 11) is 1.59. The van der Waals surface area contributed by atoms with Gasteiger partial charge in [0, 0.05) is 30.6 Å². The Balaban J connectivity index is 1.65. The summed E-state index contributed by atoms with van der Waals surface area (Å²) in [4.78, 5) is 34.1. The molecule has 0 saturated carbocycles. The van der Waals surface area contributed by atoms with Crippen LogP contribution < -0.4 is 9.64 Å². The van der Waals surface area contributed by atoms with Crippen LogP contribution in [0.1, 0.15) is 11.1 Å². The zero-order valence-corrected chi connectivity index (χ0v) is 17.4. The fourth-order valence-corrected chi connectivity index (χ4v) is 4.04. The van der Waals surface area contributed by atoms with Gasteiger partial charge in [0.25, 0.3) is 5.69 Å². The first-order valence-electron chi connectivity index (χ1n) is 9.40. The number of anilines is 1. The summed E-state index contributed by atoms with van der Waals surface area (Å²) in [6, 6.07) is 15.3. The number of rotatable bonds is 7. The summed E-state index contributed by atoms with van der Waals surface area (Å²) in [5, 5.41) is 11.4. The number of carbonyl (C=O) groups is 1. The van der Waals surface area contributed by atoms with E-state index >= 15 is 0 Å². The number of ether oxygens (including phenoxy) is 1. The highest BCUT2D eigenvalue weighted by molar-refractivity contribution is 7.22. The molecule has 2 aromatic carbocycles. The molecule has 156 valence electrons. The van der Waals surface area contributed by atoms with Crippen LogP contribution in [0.5, 0.6) is 5.75 Å². The molecule has 0 unspecified atom stereocenters. The lowest BCUT2D eigenvalue weighted by Crippen LogP contribution is -2.31. The first-order valence-corrected chi connectivity index (χ1v) is 10.2. The van der Waals surface area contributed by atoms with Crippen LogP contribution in [0.15, 0.2) is 67.0 Å². The van der Waals surface area contributed by atoms with Crippen LogP contribution in [0, 0.1) is 10.1 Å². The molecule has 0 radical (unpaired) electrons. The molecule has 2 aromatic heterocycles. The van der Waals surface area contributed by atoms with Crippen molar-refractivity contribution in [3.63, 3.8) is 0 Å². The van der Waals surface area contributed by atoms with Crippen molar-refractivity contribution in [2.45, 2.75) is 13.0 Å². The average Bonchev–Trinajstić information content (AvgIpc) is 3.21. The van der Waals surface area contributed by atoms with E-state index in [4.69, 9.17) is 4.74 Å². The van der Waals surface area contributed by atoms with E-state index in [9.17, 15) is 14.9 Å². The predicted molar refractivity (Wildman–Crippen MR) is 118 cm³/mol. The van der Waals surface area contributed by atoms with Crippen molar-refractivity contribution in [2.24, 2.45) is 0 Å². The zero-order valence-electron chi connectivity index (χ0n) is 16.6. The number of hydrogen-bond donors (Lipinski definition) is 0. The van der Waals surface area contributed by atoms with Crippen LogP contribution in [0.4, 0.5) is 10.8 Å². The molecule has 31 heavy (non-hydrogen) atoms. The Hall–Kier alpha value is -3.85. The minimum absolute atomic E-state index is 0.0106. The normalized spacial score (nSPS) is 10.7. The Bertz CT molecular complexity index is 1230. The van der Waals surface area contributed by atoms with Gasteiger partial charge in [-0.05, 0) is 29.3 Å². The van der Waals surface area contributed by atoms with Gasteiger partial charge in [-0.1, -0.05) is 29.5 Å². The highest BCUT2D eigenvalue weighted by Gasteiger charge is 2.21. The van der Waals surface area contributed by atoms with Gasteiger partial charge in [0.2, 0.25) is 5.91 Å². The quantitative estimate of drug-likeness (QED) is 0.316. The lowest BCUT2D eigenvalue weighted by molar-refractivity contribution is -0.384. The maximum absolute atomic E-state index is 13.2. The number of carbonyl (C=O) groups excluding carboxylic acids is 1. The van der Waals surface area contributed by atoms with Crippen LogP contribution in [0.2, 0.25) is 0 Å². The SMILES string of the molecule is COc1ccc2sc(N(Cc3cccnc3)C(=O)Cc3ccc([N+](=O)[O-])cc3)nc2c1. The molecule has 2 heterocycles. The third-order valence-corrected chi connectivity index (χ3v) is 5.74. The smallest absolute Gasteiger partial charge is 0.269 e. The molecular weight excluding hydrogens is 416 g/mol. The Labute approximate surface area is 181 Å². The molecule has 0 aliphatic carbocycles. The summed E-state index contributed by atoms with van der Waals surface area (Å²) in [5.41, 5.74) is 2.30. The van der Waals surface area contributed by atoms with E-state index in [1.165, 1.54) is 23.5 Å². The Morgan fingerprint density at radius 1 is 1.16 bits per heavy atom. The van der Waals surface area contributed by atoms with Crippen LogP contribution in [0.25, 0.3) is 10.2 Å². The molecule has 0 aliphatic rings. The Morgan fingerprint density at radius 2 is 1.97 bits per heavy atom. The maximum Gasteiger partial charge on any atom is 0.269 e. The van der Waals surface area contributed by atoms with Gasteiger partial charge in [-0.15, -0.1) is 0 Å². The highest BCUT2D eigenvalue weighted by Crippen LogP contribution is 2.32. The number of fused-ring (bicyclic) bond motifs is 1. The second kappa shape index (κ2) is 8.88. The van der Waals surface area contributed by atoms with Gasteiger partial charge in [0.05, 0.1) is 35.2 Å². The van der Waals surface area contributed by atoms with E-state index in [1.54, 1.807) is 36.5 Å². The third kappa shape index (κ3) is 4.67. The second-order valence-corrected chi connectivity index (χ2v) is 7.78. The van der Waals surface area contributed by atoms with Gasteiger partial charge in [-0.2, -0.15) is 0 Å². The van der Waals surface area contributed by atoms with Crippen molar-refractivity contribution in [3.8, 4) is 5.75 Å². The number of amides is 1. The van der Waals surface area contributed by atoms with Crippen molar-refractivity contribution in [1.29, 1.82) is 0 Å². The number of aromatic nitrogens is 2. The van der Waals surface area contributed by atoms with Gasteiger partial charge in [-0.3, -0.25) is 24.8 Å². The summed E-state index contributed by atoms with van der Waals surface area (Å²) in [6.07, 6.45) is 3.48. The molecule has 4 rings (SSSR count). The van der Waals surface area contributed by atoms with Crippen molar-refractivity contribution in [3.05, 3.63) is 88.2 Å². The predicted octanol–water partition coefficient (Wildman–Crippen LogP) is 4.38. The maximum atomic E-state index is 13.2. The molecule has 0 bridgehead atoms. The Morgan fingerprint density at radius 3 is 2.65 bits per heavy atom. The zero-order chi connectivity index (χ0) is 21.8. The number of benzene rings is 2. The van der Waals surface area contributed by atoms with E-state index < -0.39 is 4.92 Å². The van der Waals surface area contributed by atoms with E-state index in [-0.39, 0.29) is 18.0 Å². The number of pyridine rings is 1. The summed E-state index contributed by atoms with van der Waals surface area (Å²) >= 11 is 1.42. The van der Waals surface area contributed by atoms with Gasteiger partial charge in [-0.25, -0.2) is 4.98 Å². The number of nitro benzene ring substituents is 1. The van der Waals surface area contributed by atoms with Crippen molar-refractivity contribution >= 4 is 38.3 Å². The fourth-order valence-electron chi connectivity index (χ4n) is 3.08. The largest absolute Gasteiger partial charge is 0.497 e. The van der Waals surface area contributed by atoms with E-state index in [0.29, 0.717) is 23.0 Å². The first-order chi connectivity index (χ1) is 15.0. The molecule has 0 fully saturated rings. The van der Waals surface area contributed by atoms with Crippen LogP contribution in [-0.4, -0.2) is 27.9 Å². The molecule has 0 atom stereocenters. The summed E-state index contributed by atoms with van der Waals surface area (Å²) in [6.45, 7) is 0.316. The minimum atomic E-state index is -0.463. The number of methoxy groups -OCH3 is 1. The fraction of sp³-hybridized carbons (Fsp3) is 0.136. The van der Waals surface area contributed by atoms with Gasteiger partial charge in [0.15, 0.2) is 5.13 Å². The monoisotopic (exact) mass is 434 g/mol. The van der Waals surface area contributed by atoms with Crippen molar-refractivity contribution < 1.29 is 14.5 Å². The molecule has 0 aliphatic heterocycles. The lowest BCUT2D eigenvalue weighted by atomic mass is 10.1. The number of hydrogen-bond acceptors (Lipinski definition) is 7. The number of thiazole rings is 1. The lowest BCUT2D eigenvalue weighted by Gasteiger charge is -2.20. The first kappa shape index (κ1) is 20.4. The topological polar surface area (TPSA) is 98.5 Å². The summed E-state index contributed by atoms with van der Waals surface area (Å²) < 4.78 is 6.21. The van der Waals surface area contributed by atoms with Crippen molar-refractivity contribution in [1.82, 2.24) is 9.97 Å². The van der Waals surface area contributed by atoms with Crippen LogP contribution in [0.3, 0.4) is 0 Å². The van der Waals surface area contributed by atoms with E-state index in [2.05, 4.69) is 9.97 Å². The van der Waals surface area contributed by atoms with Gasteiger partial charge in [0.1, 0.15) is 5.75 Å². The second-order valence-electron chi connectivity index (χ2n) is 6.77. The molecule has 0 N–H and O–H groups in total. The molecular formula is C22H18N4O4S. The molecule has 8 nitrogen and oxygen atoms in total. The molecule has 1 amide bonds. The number of nitro groups is 1. The van der Waals surface area contributed by atoms with E-state index in [0.717, 1.165) is 15.8 Å². The van der Waals surface area contributed by atoms with Crippen LogP contribution in [-0.2, 0) is 17.8 Å². The minimum Gasteiger partial charge on any atom is -0.497 e. The summed E-state index contributed by atoms with van der Waals surface area (Å²) in [5.74, 6) is 0.532. The van der Waals surface area contributed by atoms with Gasteiger partial charge >= 0.3 is 0 Å².